The SMILES string of the molecule is C[C@H](Nc1nccc(N2C(=O)OCC2[C@@H](C)O)n1)c1nc(-c2ccc(F)c(Cl)c2)cs1. The van der Waals surface area contributed by atoms with Gasteiger partial charge < -0.3 is 15.2 Å². The summed E-state index contributed by atoms with van der Waals surface area (Å²) in [5.74, 6) is 0.155. The van der Waals surface area contributed by atoms with E-state index in [1.807, 2.05) is 12.3 Å². The Bertz CT molecular complexity index is 1110. The molecule has 0 aliphatic carbocycles. The predicted octanol–water partition coefficient (Wildman–Crippen LogP) is 4.27. The Morgan fingerprint density at radius 3 is 2.90 bits per heavy atom. The molecule has 162 valence electrons. The molecule has 3 aromatic rings. The van der Waals surface area contributed by atoms with Crippen molar-refractivity contribution in [2.75, 3.05) is 16.8 Å². The van der Waals surface area contributed by atoms with Crippen LogP contribution in [0.5, 0.6) is 0 Å². The molecule has 1 amide bonds. The van der Waals surface area contributed by atoms with E-state index in [1.54, 1.807) is 19.1 Å². The summed E-state index contributed by atoms with van der Waals surface area (Å²) in [5, 5.41) is 15.8. The summed E-state index contributed by atoms with van der Waals surface area (Å²) in [6.45, 7) is 3.59. The number of nitrogens with zero attached hydrogens (tertiary/aromatic N) is 4. The van der Waals surface area contributed by atoms with Gasteiger partial charge in [0.1, 0.15) is 29.3 Å². The second-order valence-electron chi connectivity index (χ2n) is 7.06. The topological polar surface area (TPSA) is 100 Å². The van der Waals surface area contributed by atoms with Crippen molar-refractivity contribution in [2.24, 2.45) is 0 Å². The molecule has 11 heteroatoms. The van der Waals surface area contributed by atoms with Gasteiger partial charge in [-0.1, -0.05) is 11.6 Å². The Hall–Kier alpha value is -2.82. The van der Waals surface area contributed by atoms with E-state index in [1.165, 1.54) is 34.6 Å². The lowest BCUT2D eigenvalue weighted by atomic mass is 10.2. The van der Waals surface area contributed by atoms with Crippen LogP contribution < -0.4 is 10.2 Å². The first-order chi connectivity index (χ1) is 14.8. The number of aliphatic hydroxyl groups excluding tert-OH is 1. The minimum Gasteiger partial charge on any atom is -0.447 e. The van der Waals surface area contributed by atoms with Gasteiger partial charge in [-0.2, -0.15) is 4.98 Å². The fraction of sp³-hybridized carbons (Fsp3) is 0.300. The second-order valence-corrected chi connectivity index (χ2v) is 8.36. The monoisotopic (exact) mass is 463 g/mol. The third-order valence-corrected chi connectivity index (χ3v) is 6.12. The predicted molar refractivity (Wildman–Crippen MR) is 116 cm³/mol. The minimum absolute atomic E-state index is 0.0411. The largest absolute Gasteiger partial charge is 0.447 e. The Morgan fingerprint density at radius 2 is 2.16 bits per heavy atom. The molecule has 1 saturated heterocycles. The summed E-state index contributed by atoms with van der Waals surface area (Å²) in [6.07, 6.45) is 0.187. The average molecular weight is 464 g/mol. The van der Waals surface area contributed by atoms with Gasteiger partial charge >= 0.3 is 6.09 Å². The molecule has 0 radical (unpaired) electrons. The highest BCUT2D eigenvalue weighted by Gasteiger charge is 2.38. The van der Waals surface area contributed by atoms with Crippen LogP contribution in [-0.4, -0.2) is 44.9 Å². The Labute approximate surface area is 186 Å². The van der Waals surface area contributed by atoms with Crippen molar-refractivity contribution in [1.29, 1.82) is 0 Å². The van der Waals surface area contributed by atoms with Gasteiger partial charge in [-0.05, 0) is 38.1 Å². The maximum atomic E-state index is 13.4. The van der Waals surface area contributed by atoms with Gasteiger partial charge in [0.05, 0.1) is 22.9 Å². The van der Waals surface area contributed by atoms with Gasteiger partial charge in [-0.3, -0.25) is 4.90 Å². The first kappa shape index (κ1) is 21.4. The molecule has 2 N–H and O–H groups in total. The normalized spacial score (nSPS) is 18.0. The van der Waals surface area contributed by atoms with Crippen LogP contribution in [0.25, 0.3) is 11.3 Å². The molecule has 8 nitrogen and oxygen atoms in total. The number of ether oxygens (including phenoxy) is 1. The molecule has 2 aromatic heterocycles. The smallest absolute Gasteiger partial charge is 0.416 e. The van der Waals surface area contributed by atoms with Gasteiger partial charge in [0.2, 0.25) is 5.95 Å². The summed E-state index contributed by atoms with van der Waals surface area (Å²) >= 11 is 7.30. The number of anilines is 2. The van der Waals surface area contributed by atoms with Crippen molar-refractivity contribution < 1.29 is 19.0 Å². The number of carbonyl (C=O) groups excluding carboxylic acids is 1. The highest BCUT2D eigenvalue weighted by molar-refractivity contribution is 7.10. The molecular formula is C20H19ClFN5O3S. The van der Waals surface area contributed by atoms with E-state index in [9.17, 15) is 14.3 Å². The number of hydrogen-bond donors (Lipinski definition) is 2. The Balaban J connectivity index is 1.51. The van der Waals surface area contributed by atoms with Gasteiger partial charge in [0.15, 0.2) is 0 Å². The summed E-state index contributed by atoms with van der Waals surface area (Å²) < 4.78 is 18.5. The molecule has 4 rings (SSSR count). The molecule has 0 spiro atoms. The number of aromatic nitrogens is 3. The van der Waals surface area contributed by atoms with Crippen LogP contribution in [0.4, 0.5) is 21.0 Å². The molecule has 1 aromatic carbocycles. The zero-order valence-electron chi connectivity index (χ0n) is 16.6. The molecule has 31 heavy (non-hydrogen) atoms. The first-order valence-corrected chi connectivity index (χ1v) is 10.7. The molecule has 1 fully saturated rings. The zero-order chi connectivity index (χ0) is 22.1. The fourth-order valence-corrected chi connectivity index (χ4v) is 4.15. The van der Waals surface area contributed by atoms with Crippen LogP contribution in [-0.2, 0) is 4.74 Å². The molecule has 3 heterocycles. The Kier molecular flexibility index (Phi) is 6.03. The number of benzene rings is 1. The molecular weight excluding hydrogens is 445 g/mol. The van der Waals surface area contributed by atoms with E-state index in [0.29, 0.717) is 17.5 Å². The fourth-order valence-electron chi connectivity index (χ4n) is 3.14. The standard InChI is InChI=1S/C20H19ClFN5O3S/c1-10(18-25-15(9-31-18)12-3-4-14(22)13(21)7-12)24-19-23-6-5-17(26-19)27-16(11(2)28)8-30-20(27)29/h3-7,9-11,16,28H,8H2,1-2H3,(H,23,24,26)/t10-,11+,16?/m0/s1. The van der Waals surface area contributed by atoms with Crippen molar-refractivity contribution in [3.63, 3.8) is 0 Å². The maximum Gasteiger partial charge on any atom is 0.416 e. The number of nitrogens with one attached hydrogen (secondary N) is 1. The van der Waals surface area contributed by atoms with E-state index >= 15 is 0 Å². The average Bonchev–Trinajstić information content (AvgIpc) is 3.37. The summed E-state index contributed by atoms with van der Waals surface area (Å²) in [4.78, 5) is 26.6. The van der Waals surface area contributed by atoms with Crippen LogP contribution in [0.1, 0.15) is 24.9 Å². The number of rotatable bonds is 6. The number of carbonyl (C=O) groups is 1. The number of amides is 1. The van der Waals surface area contributed by atoms with Crippen LogP contribution in [0.2, 0.25) is 5.02 Å². The third-order valence-electron chi connectivity index (χ3n) is 4.80. The van der Waals surface area contributed by atoms with Crippen LogP contribution in [0.15, 0.2) is 35.8 Å². The zero-order valence-corrected chi connectivity index (χ0v) is 18.2. The molecule has 1 aliphatic rings. The van der Waals surface area contributed by atoms with Crippen molar-refractivity contribution in [3.8, 4) is 11.3 Å². The number of thiazole rings is 1. The van der Waals surface area contributed by atoms with E-state index < -0.39 is 24.1 Å². The molecule has 3 atom stereocenters. The quantitative estimate of drug-likeness (QED) is 0.563. The molecule has 0 saturated carbocycles. The van der Waals surface area contributed by atoms with Crippen molar-refractivity contribution in [2.45, 2.75) is 32.0 Å². The van der Waals surface area contributed by atoms with Gasteiger partial charge in [0, 0.05) is 17.1 Å². The van der Waals surface area contributed by atoms with Gasteiger partial charge in [-0.15, -0.1) is 11.3 Å². The summed E-state index contributed by atoms with van der Waals surface area (Å²) in [5.41, 5.74) is 1.40. The first-order valence-electron chi connectivity index (χ1n) is 9.48. The number of cyclic esters (lactones) is 1. The minimum atomic E-state index is -0.773. The van der Waals surface area contributed by atoms with Gasteiger partial charge in [0.25, 0.3) is 0 Å². The van der Waals surface area contributed by atoms with Gasteiger partial charge in [-0.25, -0.2) is 19.2 Å². The molecule has 0 bridgehead atoms. The van der Waals surface area contributed by atoms with E-state index in [2.05, 4.69) is 20.3 Å². The molecule has 1 unspecified atom stereocenters. The van der Waals surface area contributed by atoms with Crippen molar-refractivity contribution in [1.82, 2.24) is 15.0 Å². The lowest BCUT2D eigenvalue weighted by Crippen LogP contribution is -2.41. The summed E-state index contributed by atoms with van der Waals surface area (Å²) in [7, 11) is 0. The number of aliphatic hydroxyl groups is 1. The third kappa shape index (κ3) is 4.46. The van der Waals surface area contributed by atoms with Crippen molar-refractivity contribution >= 4 is 40.8 Å². The highest BCUT2D eigenvalue weighted by atomic mass is 35.5. The van der Waals surface area contributed by atoms with Crippen LogP contribution in [0.3, 0.4) is 0 Å². The highest BCUT2D eigenvalue weighted by Crippen LogP contribution is 2.30. The van der Waals surface area contributed by atoms with Crippen LogP contribution >= 0.6 is 22.9 Å². The second kappa shape index (κ2) is 8.74. The molecule has 1 aliphatic heterocycles. The summed E-state index contributed by atoms with van der Waals surface area (Å²) in [6, 6.07) is 5.30. The van der Waals surface area contributed by atoms with Crippen LogP contribution in [0, 0.1) is 5.82 Å². The number of hydrogen-bond acceptors (Lipinski definition) is 8. The maximum absolute atomic E-state index is 13.4. The van der Waals surface area contributed by atoms with E-state index in [0.717, 1.165) is 10.6 Å². The Morgan fingerprint density at radius 1 is 1.35 bits per heavy atom. The van der Waals surface area contributed by atoms with Crippen molar-refractivity contribution in [3.05, 3.63) is 51.7 Å². The lowest BCUT2D eigenvalue weighted by Gasteiger charge is -2.22. The lowest BCUT2D eigenvalue weighted by molar-refractivity contribution is 0.142. The van der Waals surface area contributed by atoms with E-state index in [-0.39, 0.29) is 17.7 Å². The van der Waals surface area contributed by atoms with E-state index in [4.69, 9.17) is 16.3 Å². The number of halogens is 2.